The number of likely N-dealkylation sites (tertiary alicyclic amines) is 1. The van der Waals surface area contributed by atoms with Gasteiger partial charge in [0.1, 0.15) is 0 Å². The maximum Gasteiger partial charge on any atom is 0.241 e. The quantitative estimate of drug-likeness (QED) is 0.0794. The Bertz CT molecular complexity index is 881. The van der Waals surface area contributed by atoms with E-state index in [0.717, 1.165) is 64.6 Å². The minimum absolute atomic E-state index is 0.101. The van der Waals surface area contributed by atoms with Crippen LogP contribution in [0.4, 0.5) is 0 Å². The largest absolute Gasteiger partial charge is 0.379 e. The zero-order valence-electron chi connectivity index (χ0n) is 31.1. The van der Waals surface area contributed by atoms with Gasteiger partial charge in [-0.3, -0.25) is 9.59 Å². The number of nitrogens with zero attached hydrogens (tertiary/aromatic N) is 1. The van der Waals surface area contributed by atoms with Crippen molar-refractivity contribution in [2.45, 2.75) is 124 Å². The Kier molecular flexibility index (Phi) is 23.9. The van der Waals surface area contributed by atoms with Crippen LogP contribution in [0.5, 0.6) is 0 Å². The number of hydrogen-bond acceptors (Lipinski definition) is 8. The molecule has 2 rings (SSSR count). The van der Waals surface area contributed by atoms with Crippen molar-refractivity contribution in [2.75, 3.05) is 85.6 Å². The second-order valence-electron chi connectivity index (χ2n) is 14.0. The SMILES string of the molecule is CCCCCC(CN)(CCC)CCCCCC(=O)NCCOCCOCCOCCOCCC(NCC(=O)N1CCC(C)C1)=C1CCC1. The summed E-state index contributed by atoms with van der Waals surface area (Å²) in [5, 5.41) is 6.38. The van der Waals surface area contributed by atoms with Gasteiger partial charge < -0.3 is 40.2 Å². The van der Waals surface area contributed by atoms with Crippen LogP contribution in [0.25, 0.3) is 0 Å². The Balaban J connectivity index is 1.36. The highest BCUT2D eigenvalue weighted by atomic mass is 16.6. The van der Waals surface area contributed by atoms with Crippen LogP contribution in [0.2, 0.25) is 0 Å². The first kappa shape index (κ1) is 42.4. The molecule has 1 heterocycles. The van der Waals surface area contributed by atoms with Crippen LogP contribution in [-0.4, -0.2) is 102 Å². The molecule has 0 spiro atoms. The molecule has 2 fully saturated rings. The van der Waals surface area contributed by atoms with Crippen LogP contribution < -0.4 is 16.4 Å². The molecule has 1 aliphatic heterocycles. The Labute approximate surface area is 293 Å². The second-order valence-corrected chi connectivity index (χ2v) is 14.0. The van der Waals surface area contributed by atoms with Crippen molar-refractivity contribution >= 4 is 11.8 Å². The van der Waals surface area contributed by atoms with Gasteiger partial charge in [0.05, 0.1) is 59.4 Å². The fourth-order valence-corrected chi connectivity index (χ4v) is 6.71. The molecule has 2 aliphatic rings. The summed E-state index contributed by atoms with van der Waals surface area (Å²) in [6.07, 6.45) is 17.8. The number of rotatable bonds is 31. The summed E-state index contributed by atoms with van der Waals surface area (Å²) in [6.45, 7) is 14.3. The highest BCUT2D eigenvalue weighted by molar-refractivity contribution is 5.78. The first-order valence-electron chi connectivity index (χ1n) is 19.4. The van der Waals surface area contributed by atoms with Crippen molar-refractivity contribution < 1.29 is 28.5 Å². The van der Waals surface area contributed by atoms with E-state index in [0.29, 0.717) is 83.7 Å². The molecule has 2 atom stereocenters. The molecule has 0 aromatic rings. The van der Waals surface area contributed by atoms with Crippen molar-refractivity contribution in [1.82, 2.24) is 15.5 Å². The average Bonchev–Trinajstić information content (AvgIpc) is 3.50. The highest BCUT2D eigenvalue weighted by Crippen LogP contribution is 2.35. The zero-order valence-corrected chi connectivity index (χ0v) is 31.1. The van der Waals surface area contributed by atoms with E-state index in [4.69, 9.17) is 24.7 Å². The summed E-state index contributed by atoms with van der Waals surface area (Å²) >= 11 is 0. The number of ether oxygens (including phenoxy) is 4. The van der Waals surface area contributed by atoms with Gasteiger partial charge in [0.2, 0.25) is 11.8 Å². The molecule has 280 valence electrons. The average molecular weight is 681 g/mol. The standard InChI is InChI=1S/C38H72N4O6/c1-4-6-9-18-38(32-39,17-5-2)19-10-7-8-14-36(43)40-20-23-46-25-27-48-29-28-47-26-24-45-22-16-35(34-12-11-13-34)41-30-37(44)42-21-15-33(3)31-42/h33,41H,4-32,39H2,1-3H3,(H,40,43). The summed E-state index contributed by atoms with van der Waals surface area (Å²) in [5.41, 5.74) is 9.15. The number of carbonyl (C=O) groups is 2. The monoisotopic (exact) mass is 681 g/mol. The van der Waals surface area contributed by atoms with E-state index in [1.54, 1.807) is 0 Å². The number of amides is 2. The first-order valence-corrected chi connectivity index (χ1v) is 19.4. The van der Waals surface area contributed by atoms with Crippen LogP contribution in [0.1, 0.15) is 124 Å². The third-order valence-electron chi connectivity index (χ3n) is 9.93. The van der Waals surface area contributed by atoms with Crippen molar-refractivity contribution in [3.8, 4) is 0 Å². The number of nitrogens with one attached hydrogen (secondary N) is 2. The lowest BCUT2D eigenvalue weighted by Crippen LogP contribution is -2.37. The lowest BCUT2D eigenvalue weighted by molar-refractivity contribution is -0.129. The zero-order chi connectivity index (χ0) is 34.7. The van der Waals surface area contributed by atoms with Gasteiger partial charge in [-0.05, 0) is 69.2 Å². The van der Waals surface area contributed by atoms with E-state index < -0.39 is 0 Å². The molecule has 1 aliphatic carbocycles. The molecular formula is C38H72N4O6. The van der Waals surface area contributed by atoms with E-state index in [2.05, 4.69) is 31.4 Å². The Hall–Kier alpha value is -1.72. The predicted octanol–water partition coefficient (Wildman–Crippen LogP) is 5.73. The fraction of sp³-hybridized carbons (Fsp3) is 0.895. The minimum Gasteiger partial charge on any atom is -0.379 e. The number of unbranched alkanes of at least 4 members (excludes halogenated alkanes) is 4. The number of hydrogen-bond donors (Lipinski definition) is 3. The van der Waals surface area contributed by atoms with Gasteiger partial charge in [0.15, 0.2) is 0 Å². The van der Waals surface area contributed by atoms with Gasteiger partial charge in [-0.15, -0.1) is 0 Å². The molecule has 10 nitrogen and oxygen atoms in total. The van der Waals surface area contributed by atoms with Gasteiger partial charge in [-0.25, -0.2) is 0 Å². The van der Waals surface area contributed by atoms with E-state index in [1.165, 1.54) is 62.6 Å². The number of allylic oxidation sites excluding steroid dienone is 1. The molecule has 1 saturated heterocycles. The van der Waals surface area contributed by atoms with E-state index >= 15 is 0 Å². The molecule has 0 aromatic carbocycles. The van der Waals surface area contributed by atoms with Crippen LogP contribution in [0.15, 0.2) is 11.3 Å². The normalized spacial score (nSPS) is 17.3. The van der Waals surface area contributed by atoms with Crippen LogP contribution in [0.3, 0.4) is 0 Å². The fourth-order valence-electron chi connectivity index (χ4n) is 6.71. The van der Waals surface area contributed by atoms with Crippen LogP contribution in [-0.2, 0) is 28.5 Å². The number of carbonyl (C=O) groups excluding carboxylic acids is 2. The van der Waals surface area contributed by atoms with E-state index in [-0.39, 0.29) is 11.8 Å². The summed E-state index contributed by atoms with van der Waals surface area (Å²) in [4.78, 5) is 26.7. The molecule has 0 aromatic heterocycles. The van der Waals surface area contributed by atoms with Crippen LogP contribution in [0, 0.1) is 11.3 Å². The van der Waals surface area contributed by atoms with Crippen LogP contribution >= 0.6 is 0 Å². The van der Waals surface area contributed by atoms with Gasteiger partial charge in [-0.2, -0.15) is 0 Å². The Morgan fingerprint density at radius 2 is 1.44 bits per heavy atom. The minimum atomic E-state index is 0.101. The lowest BCUT2D eigenvalue weighted by atomic mass is 9.74. The molecule has 1 saturated carbocycles. The van der Waals surface area contributed by atoms with E-state index in [1.807, 2.05) is 4.90 Å². The van der Waals surface area contributed by atoms with Crippen molar-refractivity contribution in [3.05, 3.63) is 11.3 Å². The summed E-state index contributed by atoms with van der Waals surface area (Å²) in [7, 11) is 0. The smallest absolute Gasteiger partial charge is 0.241 e. The molecule has 2 amide bonds. The van der Waals surface area contributed by atoms with Crippen molar-refractivity contribution in [1.29, 1.82) is 0 Å². The van der Waals surface area contributed by atoms with Gasteiger partial charge >= 0.3 is 0 Å². The Morgan fingerprint density at radius 3 is 2.00 bits per heavy atom. The second kappa shape index (κ2) is 27.1. The maximum atomic E-state index is 12.5. The molecule has 0 bridgehead atoms. The van der Waals surface area contributed by atoms with Gasteiger partial charge in [0, 0.05) is 38.2 Å². The summed E-state index contributed by atoms with van der Waals surface area (Å²) < 4.78 is 22.6. The third kappa shape index (κ3) is 18.9. The lowest BCUT2D eigenvalue weighted by Gasteiger charge is -2.33. The molecule has 48 heavy (non-hydrogen) atoms. The predicted molar refractivity (Wildman–Crippen MR) is 194 cm³/mol. The molecule has 2 unspecified atom stereocenters. The topological polar surface area (TPSA) is 124 Å². The Morgan fingerprint density at radius 1 is 0.792 bits per heavy atom. The van der Waals surface area contributed by atoms with Gasteiger partial charge in [0.25, 0.3) is 0 Å². The molecule has 4 N–H and O–H groups in total. The molecule has 10 heteroatoms. The van der Waals surface area contributed by atoms with Crippen molar-refractivity contribution in [2.24, 2.45) is 17.1 Å². The summed E-state index contributed by atoms with van der Waals surface area (Å²) in [6, 6.07) is 0. The summed E-state index contributed by atoms with van der Waals surface area (Å²) in [5.74, 6) is 0.908. The third-order valence-corrected chi connectivity index (χ3v) is 9.93. The number of nitrogens with two attached hydrogens (primary N) is 1. The van der Waals surface area contributed by atoms with E-state index in [9.17, 15) is 9.59 Å². The highest BCUT2D eigenvalue weighted by Gasteiger charge is 2.26. The maximum absolute atomic E-state index is 12.5. The van der Waals surface area contributed by atoms with Gasteiger partial charge in [-0.1, -0.05) is 64.9 Å². The first-order chi connectivity index (χ1) is 23.4. The molecular weight excluding hydrogens is 608 g/mol. The molecule has 0 radical (unpaired) electrons. The van der Waals surface area contributed by atoms with Crippen molar-refractivity contribution in [3.63, 3.8) is 0 Å².